The highest BCUT2D eigenvalue weighted by Crippen LogP contribution is 2.37. The van der Waals surface area contributed by atoms with Crippen LogP contribution in [0.1, 0.15) is 11.6 Å². The first-order chi connectivity index (χ1) is 7.51. The first kappa shape index (κ1) is 15.4. The number of rotatable bonds is 4. The molecule has 0 spiro atoms. The van der Waals surface area contributed by atoms with E-state index in [0.29, 0.717) is 0 Å². The van der Waals surface area contributed by atoms with Gasteiger partial charge in [-0.25, -0.2) is 4.39 Å². The van der Waals surface area contributed by atoms with Crippen molar-refractivity contribution in [1.82, 2.24) is 0 Å². The predicted octanol–water partition coefficient (Wildman–Crippen LogP) is 1.70. The fourth-order valence-corrected chi connectivity index (χ4v) is 1.24. The second-order valence-electron chi connectivity index (χ2n) is 3.10. The average molecular weight is 267 g/mol. The van der Waals surface area contributed by atoms with Gasteiger partial charge in [0.2, 0.25) is 0 Å². The first-order valence-corrected chi connectivity index (χ1v) is 4.38. The van der Waals surface area contributed by atoms with Gasteiger partial charge in [-0.15, -0.1) is 12.4 Å². The van der Waals surface area contributed by atoms with E-state index in [1.165, 1.54) is 7.11 Å². The zero-order valence-electron chi connectivity index (χ0n) is 8.92. The second kappa shape index (κ2) is 6.21. The third-order valence-electron chi connectivity index (χ3n) is 2.09. The van der Waals surface area contributed by atoms with Crippen molar-refractivity contribution in [2.75, 3.05) is 13.8 Å². The highest BCUT2D eigenvalue weighted by molar-refractivity contribution is 5.85. The molecule has 0 bridgehead atoms. The van der Waals surface area contributed by atoms with Crippen LogP contribution in [0.25, 0.3) is 0 Å². The minimum atomic E-state index is -1.12. The van der Waals surface area contributed by atoms with E-state index in [-0.39, 0.29) is 35.2 Å². The van der Waals surface area contributed by atoms with Crippen LogP contribution in [0.15, 0.2) is 12.1 Å². The summed E-state index contributed by atoms with van der Waals surface area (Å²) in [6.07, 6.45) is 0. The van der Waals surface area contributed by atoms with Crippen molar-refractivity contribution in [3.63, 3.8) is 0 Å². The molecule has 0 amide bonds. The van der Waals surface area contributed by atoms with Gasteiger partial charge in [0.15, 0.2) is 11.5 Å². The van der Waals surface area contributed by atoms with Crippen molar-refractivity contribution in [1.29, 1.82) is 0 Å². The summed E-state index contributed by atoms with van der Waals surface area (Å²) in [6, 6.07) is 0.958. The van der Waals surface area contributed by atoms with E-state index in [2.05, 4.69) is 0 Å². The van der Waals surface area contributed by atoms with Crippen LogP contribution in [0.5, 0.6) is 11.5 Å². The van der Waals surface area contributed by atoms with Gasteiger partial charge in [-0.05, 0) is 0 Å². The zero-order valence-corrected chi connectivity index (χ0v) is 9.74. The maximum Gasteiger partial charge on any atom is 0.273 e. The summed E-state index contributed by atoms with van der Waals surface area (Å²) < 4.78 is 17.1. The van der Waals surface area contributed by atoms with Crippen LogP contribution >= 0.6 is 12.4 Å². The molecule has 3 N–H and O–H groups in total. The molecular formula is C9H12ClFN2O4. The van der Waals surface area contributed by atoms with Crippen LogP contribution in [0.3, 0.4) is 0 Å². The SMILES string of the molecule is COc1cc([N+](=O)[O-])cc([C@H](N)CF)c1O.Cl. The number of ether oxygens (including phenoxy) is 1. The van der Waals surface area contributed by atoms with E-state index >= 15 is 0 Å². The van der Waals surface area contributed by atoms with E-state index < -0.39 is 17.6 Å². The van der Waals surface area contributed by atoms with E-state index in [1.807, 2.05) is 0 Å². The van der Waals surface area contributed by atoms with Crippen LogP contribution in [-0.2, 0) is 0 Å². The lowest BCUT2D eigenvalue weighted by molar-refractivity contribution is -0.385. The third-order valence-corrected chi connectivity index (χ3v) is 2.09. The minimum absolute atomic E-state index is 0. The van der Waals surface area contributed by atoms with Gasteiger partial charge in [0, 0.05) is 11.6 Å². The van der Waals surface area contributed by atoms with Gasteiger partial charge in [-0.2, -0.15) is 0 Å². The number of aromatic hydroxyl groups is 1. The summed E-state index contributed by atoms with van der Waals surface area (Å²) >= 11 is 0. The van der Waals surface area contributed by atoms with Gasteiger partial charge < -0.3 is 15.6 Å². The van der Waals surface area contributed by atoms with Crippen molar-refractivity contribution in [3.8, 4) is 11.5 Å². The first-order valence-electron chi connectivity index (χ1n) is 4.38. The number of nitro benzene ring substituents is 1. The molecular weight excluding hydrogens is 255 g/mol. The molecule has 0 unspecified atom stereocenters. The van der Waals surface area contributed by atoms with Gasteiger partial charge in [0.1, 0.15) is 6.67 Å². The van der Waals surface area contributed by atoms with Crippen LogP contribution in [0, 0.1) is 10.1 Å². The molecule has 0 saturated carbocycles. The Bertz CT molecular complexity index is 416. The average Bonchev–Trinajstić information content (AvgIpc) is 2.28. The molecule has 17 heavy (non-hydrogen) atoms. The highest BCUT2D eigenvalue weighted by Gasteiger charge is 2.20. The Kier molecular flexibility index (Phi) is 5.63. The number of phenols is 1. The number of benzene rings is 1. The fourth-order valence-electron chi connectivity index (χ4n) is 1.24. The van der Waals surface area contributed by atoms with E-state index in [0.717, 1.165) is 12.1 Å². The van der Waals surface area contributed by atoms with Gasteiger partial charge in [0.05, 0.1) is 24.1 Å². The molecule has 1 atom stereocenters. The zero-order chi connectivity index (χ0) is 12.3. The number of nitro groups is 1. The normalized spacial score (nSPS) is 11.5. The second-order valence-corrected chi connectivity index (χ2v) is 3.10. The standard InChI is InChI=1S/C9H11FN2O4.ClH/c1-16-8-3-5(12(14)15)2-6(9(8)13)7(11)4-10;/h2-3,7,13H,4,11H2,1H3;1H/t7-;/m1./s1. The molecule has 1 aromatic rings. The maximum absolute atomic E-state index is 12.4. The molecule has 96 valence electrons. The summed E-state index contributed by atoms with van der Waals surface area (Å²) in [6.45, 7) is -0.933. The quantitative estimate of drug-likeness (QED) is 0.638. The Morgan fingerprint density at radius 1 is 1.65 bits per heavy atom. The number of nitrogens with zero attached hydrogens (tertiary/aromatic N) is 1. The topological polar surface area (TPSA) is 98.6 Å². The van der Waals surface area contributed by atoms with E-state index in [1.54, 1.807) is 0 Å². The van der Waals surface area contributed by atoms with Crippen molar-refractivity contribution < 1.29 is 19.2 Å². The van der Waals surface area contributed by atoms with Crippen molar-refractivity contribution in [2.45, 2.75) is 6.04 Å². The fraction of sp³-hybridized carbons (Fsp3) is 0.333. The monoisotopic (exact) mass is 266 g/mol. The predicted molar refractivity (Wildman–Crippen MR) is 61.5 cm³/mol. The largest absolute Gasteiger partial charge is 0.504 e. The van der Waals surface area contributed by atoms with Gasteiger partial charge in [-0.3, -0.25) is 10.1 Å². The number of alkyl halides is 1. The molecule has 1 aromatic carbocycles. The Labute approximate surface area is 103 Å². The Morgan fingerprint density at radius 3 is 2.65 bits per heavy atom. The molecule has 0 aliphatic heterocycles. The van der Waals surface area contributed by atoms with Crippen molar-refractivity contribution >= 4 is 18.1 Å². The lowest BCUT2D eigenvalue weighted by atomic mass is 10.1. The number of hydrogen-bond donors (Lipinski definition) is 2. The molecule has 0 aliphatic rings. The van der Waals surface area contributed by atoms with Crippen LogP contribution in [-0.4, -0.2) is 23.8 Å². The molecule has 0 aromatic heterocycles. The number of nitrogens with two attached hydrogens (primary N) is 1. The van der Waals surface area contributed by atoms with Gasteiger partial charge in [-0.1, -0.05) is 0 Å². The van der Waals surface area contributed by atoms with Crippen molar-refractivity contribution in [3.05, 3.63) is 27.8 Å². The number of phenolic OH excluding ortho intramolecular Hbond substituents is 1. The van der Waals surface area contributed by atoms with Gasteiger partial charge in [0.25, 0.3) is 5.69 Å². The molecule has 1 rings (SSSR count). The van der Waals surface area contributed by atoms with Crippen LogP contribution in [0.4, 0.5) is 10.1 Å². The lowest BCUT2D eigenvalue weighted by Gasteiger charge is -2.12. The third kappa shape index (κ3) is 3.18. The van der Waals surface area contributed by atoms with E-state index in [4.69, 9.17) is 10.5 Å². The Morgan fingerprint density at radius 2 is 2.24 bits per heavy atom. The Balaban J connectivity index is 0.00000256. The number of hydrogen-bond acceptors (Lipinski definition) is 5. The molecule has 0 aliphatic carbocycles. The molecule has 0 saturated heterocycles. The number of methoxy groups -OCH3 is 1. The smallest absolute Gasteiger partial charge is 0.273 e. The summed E-state index contributed by atoms with van der Waals surface area (Å²) in [5.41, 5.74) is 5.02. The molecule has 8 heteroatoms. The Hall–Kier alpha value is -1.60. The molecule has 6 nitrogen and oxygen atoms in total. The van der Waals surface area contributed by atoms with Crippen LogP contribution in [0.2, 0.25) is 0 Å². The lowest BCUT2D eigenvalue weighted by Crippen LogP contribution is -2.13. The van der Waals surface area contributed by atoms with Gasteiger partial charge >= 0.3 is 0 Å². The summed E-state index contributed by atoms with van der Waals surface area (Å²) in [5, 5.41) is 20.2. The number of halogens is 2. The molecule has 0 heterocycles. The maximum atomic E-state index is 12.4. The summed E-state index contributed by atoms with van der Waals surface area (Å²) in [4.78, 5) is 9.91. The highest BCUT2D eigenvalue weighted by atomic mass is 35.5. The van der Waals surface area contributed by atoms with Crippen LogP contribution < -0.4 is 10.5 Å². The summed E-state index contributed by atoms with van der Waals surface area (Å²) in [5.74, 6) is -0.480. The van der Waals surface area contributed by atoms with E-state index in [9.17, 15) is 19.6 Å². The molecule has 0 fully saturated rings. The minimum Gasteiger partial charge on any atom is -0.504 e. The number of non-ortho nitro benzene ring substituents is 1. The summed E-state index contributed by atoms with van der Waals surface area (Å²) in [7, 11) is 1.24. The van der Waals surface area contributed by atoms with Crippen molar-refractivity contribution in [2.24, 2.45) is 5.73 Å². The molecule has 0 radical (unpaired) electrons.